The van der Waals surface area contributed by atoms with Gasteiger partial charge in [-0.2, -0.15) is 0 Å². The molecule has 0 saturated carbocycles. The molecule has 3 rings (SSSR count). The number of hydrogen-bond acceptors (Lipinski definition) is 4. The zero-order chi connectivity index (χ0) is 17.1. The minimum atomic E-state index is -0.206. The SMILES string of the molecule is CCn1c(C)cc2cc(NC(=O)NCCc3nnc(C)s3)ccc21. The number of anilines is 1. The molecule has 0 aliphatic heterocycles. The summed E-state index contributed by atoms with van der Waals surface area (Å²) in [6, 6.07) is 7.91. The van der Waals surface area contributed by atoms with Crippen molar-refractivity contribution in [2.75, 3.05) is 11.9 Å². The van der Waals surface area contributed by atoms with Crippen molar-refractivity contribution in [2.45, 2.75) is 33.7 Å². The minimum Gasteiger partial charge on any atom is -0.345 e. The number of carbonyl (C=O) groups is 1. The van der Waals surface area contributed by atoms with Crippen molar-refractivity contribution >= 4 is 34.0 Å². The summed E-state index contributed by atoms with van der Waals surface area (Å²) in [6.07, 6.45) is 0.691. The van der Waals surface area contributed by atoms with E-state index in [0.717, 1.165) is 27.6 Å². The van der Waals surface area contributed by atoms with E-state index in [0.29, 0.717) is 13.0 Å². The molecule has 1 aromatic carbocycles. The van der Waals surface area contributed by atoms with Crippen molar-refractivity contribution in [1.82, 2.24) is 20.1 Å². The number of nitrogens with one attached hydrogen (secondary N) is 2. The van der Waals surface area contributed by atoms with E-state index in [1.807, 2.05) is 25.1 Å². The van der Waals surface area contributed by atoms with Gasteiger partial charge in [-0.05, 0) is 45.0 Å². The van der Waals surface area contributed by atoms with Crippen LogP contribution in [-0.2, 0) is 13.0 Å². The molecule has 24 heavy (non-hydrogen) atoms. The Morgan fingerprint density at radius 2 is 2.08 bits per heavy atom. The summed E-state index contributed by atoms with van der Waals surface area (Å²) >= 11 is 1.55. The summed E-state index contributed by atoms with van der Waals surface area (Å²) in [5.41, 5.74) is 3.20. The Labute approximate surface area is 144 Å². The number of amides is 2. The van der Waals surface area contributed by atoms with Crippen LogP contribution in [0.2, 0.25) is 0 Å². The predicted octanol–water partition coefficient (Wildman–Crippen LogP) is 3.49. The van der Waals surface area contributed by atoms with Gasteiger partial charge in [0, 0.05) is 41.8 Å². The fourth-order valence-electron chi connectivity index (χ4n) is 2.80. The molecule has 0 aliphatic carbocycles. The van der Waals surface area contributed by atoms with E-state index >= 15 is 0 Å². The molecular formula is C17H21N5OS. The molecule has 0 spiro atoms. The van der Waals surface area contributed by atoms with Gasteiger partial charge in [-0.1, -0.05) is 0 Å². The van der Waals surface area contributed by atoms with E-state index in [4.69, 9.17) is 0 Å². The van der Waals surface area contributed by atoms with Gasteiger partial charge < -0.3 is 15.2 Å². The third-order valence-corrected chi connectivity index (χ3v) is 4.77. The maximum atomic E-state index is 12.0. The van der Waals surface area contributed by atoms with Gasteiger partial charge in [-0.25, -0.2) is 4.79 Å². The zero-order valence-electron chi connectivity index (χ0n) is 14.1. The van der Waals surface area contributed by atoms with Crippen LogP contribution >= 0.6 is 11.3 Å². The fraction of sp³-hybridized carbons (Fsp3) is 0.353. The van der Waals surface area contributed by atoms with Gasteiger partial charge in [-0.3, -0.25) is 0 Å². The summed E-state index contributed by atoms with van der Waals surface area (Å²) in [5.74, 6) is 0. The molecule has 6 nitrogen and oxygen atoms in total. The molecule has 3 aromatic rings. The second-order valence-electron chi connectivity index (χ2n) is 5.65. The first-order chi connectivity index (χ1) is 11.6. The number of urea groups is 1. The molecule has 0 fully saturated rings. The Hall–Kier alpha value is -2.41. The van der Waals surface area contributed by atoms with Crippen LogP contribution in [0.15, 0.2) is 24.3 Å². The van der Waals surface area contributed by atoms with Crippen molar-refractivity contribution in [3.63, 3.8) is 0 Å². The highest BCUT2D eigenvalue weighted by Crippen LogP contribution is 2.23. The Kier molecular flexibility index (Phi) is 4.80. The molecule has 2 aromatic heterocycles. The second kappa shape index (κ2) is 7.00. The van der Waals surface area contributed by atoms with Gasteiger partial charge in [0.2, 0.25) is 0 Å². The first kappa shape index (κ1) is 16.4. The average Bonchev–Trinajstić information content (AvgIpc) is 3.09. The van der Waals surface area contributed by atoms with E-state index in [1.165, 1.54) is 11.2 Å². The van der Waals surface area contributed by atoms with Crippen LogP contribution in [-0.4, -0.2) is 27.3 Å². The number of aromatic nitrogens is 3. The third kappa shape index (κ3) is 3.56. The van der Waals surface area contributed by atoms with E-state index < -0.39 is 0 Å². The van der Waals surface area contributed by atoms with Crippen LogP contribution in [0.5, 0.6) is 0 Å². The van der Waals surface area contributed by atoms with Crippen molar-refractivity contribution in [3.8, 4) is 0 Å². The van der Waals surface area contributed by atoms with Gasteiger partial charge in [0.15, 0.2) is 0 Å². The highest BCUT2D eigenvalue weighted by Gasteiger charge is 2.07. The molecule has 2 N–H and O–H groups in total. The van der Waals surface area contributed by atoms with Gasteiger partial charge in [0.25, 0.3) is 0 Å². The van der Waals surface area contributed by atoms with Crippen molar-refractivity contribution in [1.29, 1.82) is 0 Å². The van der Waals surface area contributed by atoms with Crippen molar-refractivity contribution in [2.24, 2.45) is 0 Å². The first-order valence-electron chi connectivity index (χ1n) is 8.00. The van der Waals surface area contributed by atoms with Crippen molar-refractivity contribution in [3.05, 3.63) is 40.0 Å². The Morgan fingerprint density at radius 3 is 2.79 bits per heavy atom. The number of rotatable bonds is 5. The quantitative estimate of drug-likeness (QED) is 0.745. The molecule has 0 radical (unpaired) electrons. The Morgan fingerprint density at radius 1 is 1.25 bits per heavy atom. The number of hydrogen-bond donors (Lipinski definition) is 2. The summed E-state index contributed by atoms with van der Waals surface area (Å²) < 4.78 is 2.25. The summed E-state index contributed by atoms with van der Waals surface area (Å²) in [7, 11) is 0. The van der Waals surface area contributed by atoms with Crippen LogP contribution in [0.25, 0.3) is 10.9 Å². The Bertz CT molecular complexity index is 867. The molecule has 0 atom stereocenters. The molecule has 0 bridgehead atoms. The smallest absolute Gasteiger partial charge is 0.319 e. The lowest BCUT2D eigenvalue weighted by Crippen LogP contribution is -2.30. The molecule has 0 aliphatic rings. The van der Waals surface area contributed by atoms with Gasteiger partial charge >= 0.3 is 6.03 Å². The minimum absolute atomic E-state index is 0.206. The normalized spacial score (nSPS) is 11.0. The lowest BCUT2D eigenvalue weighted by atomic mass is 10.2. The lowest BCUT2D eigenvalue weighted by molar-refractivity contribution is 0.252. The topological polar surface area (TPSA) is 71.8 Å². The predicted molar refractivity (Wildman–Crippen MR) is 97.7 cm³/mol. The number of fused-ring (bicyclic) bond motifs is 1. The molecule has 0 saturated heterocycles. The molecule has 126 valence electrons. The maximum absolute atomic E-state index is 12.0. The van der Waals surface area contributed by atoms with Crippen LogP contribution in [0.1, 0.15) is 22.6 Å². The highest BCUT2D eigenvalue weighted by molar-refractivity contribution is 7.11. The van der Waals surface area contributed by atoms with E-state index in [1.54, 1.807) is 11.3 Å². The van der Waals surface area contributed by atoms with Crippen LogP contribution in [0.4, 0.5) is 10.5 Å². The zero-order valence-corrected chi connectivity index (χ0v) is 14.9. The number of nitrogens with zero attached hydrogens (tertiary/aromatic N) is 3. The van der Waals surface area contributed by atoms with E-state index in [9.17, 15) is 4.79 Å². The molecular weight excluding hydrogens is 322 g/mol. The van der Waals surface area contributed by atoms with Crippen molar-refractivity contribution < 1.29 is 4.79 Å². The second-order valence-corrected chi connectivity index (χ2v) is 6.92. The van der Waals surface area contributed by atoms with Crippen LogP contribution in [0, 0.1) is 13.8 Å². The highest BCUT2D eigenvalue weighted by atomic mass is 32.1. The fourth-order valence-corrected chi connectivity index (χ4v) is 3.51. The summed E-state index contributed by atoms with van der Waals surface area (Å²) in [5, 5.41) is 16.8. The molecule has 2 heterocycles. The van der Waals surface area contributed by atoms with Crippen LogP contribution in [0.3, 0.4) is 0 Å². The number of carbonyl (C=O) groups excluding carboxylic acids is 1. The maximum Gasteiger partial charge on any atom is 0.319 e. The van der Waals surface area contributed by atoms with Gasteiger partial charge in [-0.15, -0.1) is 21.5 Å². The largest absolute Gasteiger partial charge is 0.345 e. The van der Waals surface area contributed by atoms with E-state index in [-0.39, 0.29) is 6.03 Å². The number of benzene rings is 1. The monoisotopic (exact) mass is 343 g/mol. The summed E-state index contributed by atoms with van der Waals surface area (Å²) in [6.45, 7) is 7.62. The Balaban J connectivity index is 1.58. The lowest BCUT2D eigenvalue weighted by Gasteiger charge is -2.08. The first-order valence-corrected chi connectivity index (χ1v) is 8.82. The number of aryl methyl sites for hydroxylation is 3. The van der Waals surface area contributed by atoms with E-state index in [2.05, 4.69) is 45.3 Å². The average molecular weight is 343 g/mol. The molecule has 0 unspecified atom stereocenters. The van der Waals surface area contributed by atoms with Gasteiger partial charge in [0.05, 0.1) is 0 Å². The standard InChI is InChI=1S/C17H21N5OS/c1-4-22-11(2)9-13-10-14(5-6-15(13)22)19-17(23)18-8-7-16-21-20-12(3)24-16/h5-6,9-10H,4,7-8H2,1-3H3,(H2,18,19,23). The third-order valence-electron chi connectivity index (χ3n) is 3.87. The van der Waals surface area contributed by atoms with Crippen LogP contribution < -0.4 is 10.6 Å². The molecule has 7 heteroatoms. The summed E-state index contributed by atoms with van der Waals surface area (Å²) in [4.78, 5) is 12.0. The van der Waals surface area contributed by atoms with Gasteiger partial charge in [0.1, 0.15) is 10.0 Å². The molecule has 2 amide bonds.